The molecule has 0 aliphatic heterocycles. The molecule has 14 heavy (non-hydrogen) atoms. The number of thiophene rings is 1. The summed E-state index contributed by atoms with van der Waals surface area (Å²) in [6.45, 7) is 1.79. The summed E-state index contributed by atoms with van der Waals surface area (Å²) < 4.78 is 6.33. The summed E-state index contributed by atoms with van der Waals surface area (Å²) in [5.41, 5.74) is 0. The fourth-order valence-electron chi connectivity index (χ4n) is 1.23. The van der Waals surface area contributed by atoms with Crippen LogP contribution in [0.1, 0.15) is 13.3 Å². The SMILES string of the molecule is CCC(=O)Oc1csc2ccccc12. The number of esters is 1. The zero-order valence-electron chi connectivity index (χ0n) is 7.82. The zero-order valence-corrected chi connectivity index (χ0v) is 8.64. The molecule has 0 aliphatic carbocycles. The van der Waals surface area contributed by atoms with Crippen LogP contribution in [0.4, 0.5) is 0 Å². The molecule has 0 unspecified atom stereocenters. The van der Waals surface area contributed by atoms with Gasteiger partial charge in [-0.15, -0.1) is 11.3 Å². The molecule has 0 saturated heterocycles. The van der Waals surface area contributed by atoms with Crippen LogP contribution < -0.4 is 4.74 Å². The zero-order chi connectivity index (χ0) is 9.97. The second-order valence-electron chi connectivity index (χ2n) is 2.92. The van der Waals surface area contributed by atoms with Crippen LogP contribution in [0.2, 0.25) is 0 Å². The molecular weight excluding hydrogens is 196 g/mol. The van der Waals surface area contributed by atoms with Crippen LogP contribution in [-0.4, -0.2) is 5.97 Å². The minimum absolute atomic E-state index is 0.187. The Kier molecular flexibility index (Phi) is 2.50. The Morgan fingerprint density at radius 3 is 3.00 bits per heavy atom. The second-order valence-corrected chi connectivity index (χ2v) is 3.83. The molecule has 2 rings (SSSR count). The first-order chi connectivity index (χ1) is 6.81. The Morgan fingerprint density at radius 2 is 2.21 bits per heavy atom. The molecular formula is C11H10O2S. The van der Waals surface area contributed by atoms with E-state index in [2.05, 4.69) is 0 Å². The van der Waals surface area contributed by atoms with Crippen LogP contribution in [0.15, 0.2) is 29.6 Å². The van der Waals surface area contributed by atoms with Crippen LogP contribution in [0.5, 0.6) is 5.75 Å². The minimum atomic E-state index is -0.187. The molecule has 0 saturated carbocycles. The minimum Gasteiger partial charge on any atom is -0.425 e. The maximum Gasteiger partial charge on any atom is 0.310 e. The second kappa shape index (κ2) is 3.80. The Morgan fingerprint density at radius 1 is 1.43 bits per heavy atom. The summed E-state index contributed by atoms with van der Waals surface area (Å²) in [7, 11) is 0. The van der Waals surface area contributed by atoms with E-state index in [1.165, 1.54) is 0 Å². The summed E-state index contributed by atoms with van der Waals surface area (Å²) in [4.78, 5) is 11.1. The fourth-order valence-corrected chi connectivity index (χ4v) is 2.09. The first kappa shape index (κ1) is 9.21. The maximum atomic E-state index is 11.1. The van der Waals surface area contributed by atoms with Crippen LogP contribution in [-0.2, 0) is 4.79 Å². The van der Waals surface area contributed by atoms with Gasteiger partial charge in [-0.2, -0.15) is 0 Å². The predicted molar refractivity (Wildman–Crippen MR) is 57.8 cm³/mol. The third-order valence-corrected chi connectivity index (χ3v) is 2.90. The molecule has 1 heterocycles. The van der Waals surface area contributed by atoms with Gasteiger partial charge in [-0.25, -0.2) is 0 Å². The topological polar surface area (TPSA) is 26.3 Å². The highest BCUT2D eigenvalue weighted by Crippen LogP contribution is 2.31. The van der Waals surface area contributed by atoms with Crippen molar-refractivity contribution in [2.75, 3.05) is 0 Å². The van der Waals surface area contributed by atoms with Gasteiger partial charge < -0.3 is 4.74 Å². The lowest BCUT2D eigenvalue weighted by atomic mass is 10.2. The summed E-state index contributed by atoms with van der Waals surface area (Å²) in [5.74, 6) is 0.492. The van der Waals surface area contributed by atoms with Crippen molar-refractivity contribution >= 4 is 27.4 Å². The van der Waals surface area contributed by atoms with E-state index < -0.39 is 0 Å². The third kappa shape index (κ3) is 1.63. The van der Waals surface area contributed by atoms with Crippen molar-refractivity contribution in [2.45, 2.75) is 13.3 Å². The van der Waals surface area contributed by atoms with Gasteiger partial charge in [0.25, 0.3) is 0 Å². The number of carbonyl (C=O) groups excluding carboxylic acids is 1. The number of rotatable bonds is 2. The van der Waals surface area contributed by atoms with Crippen LogP contribution >= 0.6 is 11.3 Å². The van der Waals surface area contributed by atoms with Gasteiger partial charge in [0.2, 0.25) is 0 Å². The number of fused-ring (bicyclic) bond motifs is 1. The molecule has 1 aromatic heterocycles. The molecule has 3 heteroatoms. The van der Waals surface area contributed by atoms with E-state index in [1.807, 2.05) is 29.6 Å². The van der Waals surface area contributed by atoms with E-state index in [4.69, 9.17) is 4.74 Å². The average molecular weight is 206 g/mol. The van der Waals surface area contributed by atoms with Crippen molar-refractivity contribution in [3.8, 4) is 5.75 Å². The van der Waals surface area contributed by atoms with E-state index in [1.54, 1.807) is 18.3 Å². The predicted octanol–water partition coefficient (Wildman–Crippen LogP) is 3.22. The largest absolute Gasteiger partial charge is 0.425 e. The fraction of sp³-hybridized carbons (Fsp3) is 0.182. The summed E-state index contributed by atoms with van der Waals surface area (Å²) in [5, 5.41) is 2.89. The highest BCUT2D eigenvalue weighted by Gasteiger charge is 2.07. The average Bonchev–Trinajstić information content (AvgIpc) is 2.62. The summed E-state index contributed by atoms with van der Waals surface area (Å²) in [6.07, 6.45) is 0.407. The molecule has 2 nitrogen and oxygen atoms in total. The number of hydrogen-bond donors (Lipinski definition) is 0. The van der Waals surface area contributed by atoms with Gasteiger partial charge in [0.1, 0.15) is 5.75 Å². The molecule has 0 radical (unpaired) electrons. The standard InChI is InChI=1S/C11H10O2S/c1-2-11(12)13-9-7-14-10-6-4-3-5-8(9)10/h3-7H,2H2,1H3. The van der Waals surface area contributed by atoms with Gasteiger partial charge in [0.05, 0.1) is 0 Å². The Bertz CT molecular complexity index is 459. The number of ether oxygens (including phenoxy) is 1. The third-order valence-electron chi connectivity index (χ3n) is 1.96. The Hall–Kier alpha value is -1.35. The van der Waals surface area contributed by atoms with Gasteiger partial charge in [-0.05, 0) is 12.1 Å². The molecule has 0 aliphatic rings. The van der Waals surface area contributed by atoms with Crippen LogP contribution in [0.25, 0.3) is 10.1 Å². The van der Waals surface area contributed by atoms with E-state index in [9.17, 15) is 4.79 Å². The number of carbonyl (C=O) groups is 1. The lowest BCUT2D eigenvalue weighted by molar-refractivity contribution is -0.133. The van der Waals surface area contributed by atoms with Gasteiger partial charge in [0, 0.05) is 21.9 Å². The Balaban J connectivity index is 2.38. The quantitative estimate of drug-likeness (QED) is 0.705. The molecule has 0 fully saturated rings. The summed E-state index contributed by atoms with van der Waals surface area (Å²) in [6, 6.07) is 7.90. The van der Waals surface area contributed by atoms with E-state index in [0.29, 0.717) is 12.2 Å². The van der Waals surface area contributed by atoms with Gasteiger partial charge in [0.15, 0.2) is 0 Å². The van der Waals surface area contributed by atoms with Gasteiger partial charge in [-0.1, -0.05) is 19.1 Å². The summed E-state index contributed by atoms with van der Waals surface area (Å²) >= 11 is 1.59. The Labute approximate surface area is 86.1 Å². The lowest BCUT2D eigenvalue weighted by Gasteiger charge is -1.99. The van der Waals surface area contributed by atoms with Crippen molar-refractivity contribution < 1.29 is 9.53 Å². The molecule has 72 valence electrons. The molecule has 0 N–H and O–H groups in total. The van der Waals surface area contributed by atoms with Crippen molar-refractivity contribution in [3.63, 3.8) is 0 Å². The number of benzene rings is 1. The normalized spacial score (nSPS) is 10.4. The maximum absolute atomic E-state index is 11.1. The molecule has 0 atom stereocenters. The van der Waals surface area contributed by atoms with E-state index in [0.717, 1.165) is 10.1 Å². The van der Waals surface area contributed by atoms with Crippen molar-refractivity contribution in [3.05, 3.63) is 29.6 Å². The highest BCUT2D eigenvalue weighted by molar-refractivity contribution is 7.17. The molecule has 0 spiro atoms. The lowest BCUT2D eigenvalue weighted by Crippen LogP contribution is -2.04. The van der Waals surface area contributed by atoms with Crippen molar-refractivity contribution in [1.29, 1.82) is 0 Å². The molecule has 2 aromatic rings. The van der Waals surface area contributed by atoms with E-state index >= 15 is 0 Å². The van der Waals surface area contributed by atoms with Crippen molar-refractivity contribution in [2.24, 2.45) is 0 Å². The van der Waals surface area contributed by atoms with Gasteiger partial charge >= 0.3 is 5.97 Å². The van der Waals surface area contributed by atoms with Crippen LogP contribution in [0, 0.1) is 0 Å². The molecule has 0 bridgehead atoms. The number of hydrogen-bond acceptors (Lipinski definition) is 3. The van der Waals surface area contributed by atoms with Gasteiger partial charge in [-0.3, -0.25) is 4.79 Å². The van der Waals surface area contributed by atoms with Crippen LogP contribution in [0.3, 0.4) is 0 Å². The first-order valence-corrected chi connectivity index (χ1v) is 5.36. The monoisotopic (exact) mass is 206 g/mol. The molecule has 1 aromatic carbocycles. The first-order valence-electron chi connectivity index (χ1n) is 4.48. The smallest absolute Gasteiger partial charge is 0.310 e. The molecule has 0 amide bonds. The highest BCUT2D eigenvalue weighted by atomic mass is 32.1. The van der Waals surface area contributed by atoms with Crippen molar-refractivity contribution in [1.82, 2.24) is 0 Å². The van der Waals surface area contributed by atoms with E-state index in [-0.39, 0.29) is 5.97 Å².